The number of hydrogen-bond acceptors (Lipinski definition) is 4. The largest absolute Gasteiger partial charge is 0.423 e. The molecule has 16 heavy (non-hydrogen) atoms. The molecule has 2 rings (SSSR count). The Morgan fingerprint density at radius 3 is 2.75 bits per heavy atom. The van der Waals surface area contributed by atoms with E-state index in [0.717, 1.165) is 17.6 Å². The fourth-order valence-corrected chi connectivity index (χ4v) is 1.80. The van der Waals surface area contributed by atoms with Crippen LogP contribution in [0.2, 0.25) is 0 Å². The van der Waals surface area contributed by atoms with Crippen molar-refractivity contribution in [2.45, 2.75) is 26.8 Å². The maximum atomic E-state index is 5.85. The summed E-state index contributed by atoms with van der Waals surface area (Å²) < 4.78 is 5.70. The third kappa shape index (κ3) is 1.71. The first-order valence-electron chi connectivity index (χ1n) is 5.55. The Labute approximate surface area is 95.1 Å². The van der Waals surface area contributed by atoms with E-state index in [4.69, 9.17) is 10.2 Å². The fourth-order valence-electron chi connectivity index (χ4n) is 1.80. The van der Waals surface area contributed by atoms with E-state index in [0.29, 0.717) is 17.7 Å². The molecule has 0 atom stereocenters. The fraction of sp³-hybridized carbons (Fsp3) is 0.417. The Bertz CT molecular complexity index is 490. The summed E-state index contributed by atoms with van der Waals surface area (Å²) in [5, 5.41) is 0. The highest BCUT2D eigenvalue weighted by Crippen LogP contribution is 2.26. The zero-order valence-corrected chi connectivity index (χ0v) is 9.90. The summed E-state index contributed by atoms with van der Waals surface area (Å²) in [7, 11) is 0. The topological polar surface area (TPSA) is 55.3 Å². The molecule has 0 bridgehead atoms. The Balaban J connectivity index is 2.50. The van der Waals surface area contributed by atoms with Gasteiger partial charge in [-0.3, -0.25) is 0 Å². The van der Waals surface area contributed by atoms with Crippen LogP contribution in [0, 0.1) is 0 Å². The van der Waals surface area contributed by atoms with E-state index in [9.17, 15) is 0 Å². The van der Waals surface area contributed by atoms with Gasteiger partial charge in [0.15, 0.2) is 5.58 Å². The number of nitrogens with zero attached hydrogens (tertiary/aromatic N) is 2. The van der Waals surface area contributed by atoms with Crippen LogP contribution in [-0.2, 0) is 0 Å². The van der Waals surface area contributed by atoms with Crippen LogP contribution in [0.4, 0.5) is 11.7 Å². The number of aromatic nitrogens is 1. The lowest BCUT2D eigenvalue weighted by molar-refractivity contribution is 0.545. The van der Waals surface area contributed by atoms with Crippen LogP contribution in [0.25, 0.3) is 11.1 Å². The van der Waals surface area contributed by atoms with Gasteiger partial charge in [0, 0.05) is 12.6 Å². The third-order valence-corrected chi connectivity index (χ3v) is 2.65. The Hall–Kier alpha value is -1.71. The van der Waals surface area contributed by atoms with Crippen molar-refractivity contribution in [2.24, 2.45) is 0 Å². The Morgan fingerprint density at radius 2 is 2.19 bits per heavy atom. The predicted octanol–water partition coefficient (Wildman–Crippen LogP) is 2.64. The highest BCUT2D eigenvalue weighted by atomic mass is 16.4. The molecule has 0 aliphatic carbocycles. The molecule has 2 N–H and O–H groups in total. The van der Waals surface area contributed by atoms with E-state index < -0.39 is 0 Å². The van der Waals surface area contributed by atoms with E-state index >= 15 is 0 Å². The van der Waals surface area contributed by atoms with Crippen molar-refractivity contribution in [3.8, 4) is 0 Å². The average Bonchev–Trinajstić information content (AvgIpc) is 2.63. The van der Waals surface area contributed by atoms with Crippen molar-refractivity contribution < 1.29 is 4.42 Å². The molecule has 1 aromatic carbocycles. The van der Waals surface area contributed by atoms with Gasteiger partial charge in [-0.15, -0.1) is 0 Å². The number of oxazole rings is 1. The smallest absolute Gasteiger partial charge is 0.298 e. The van der Waals surface area contributed by atoms with Crippen molar-refractivity contribution >= 4 is 22.8 Å². The van der Waals surface area contributed by atoms with E-state index in [-0.39, 0.29) is 0 Å². The quantitative estimate of drug-likeness (QED) is 0.806. The van der Waals surface area contributed by atoms with Gasteiger partial charge < -0.3 is 15.1 Å². The van der Waals surface area contributed by atoms with Crippen LogP contribution in [0.5, 0.6) is 0 Å². The van der Waals surface area contributed by atoms with Crippen molar-refractivity contribution in [1.29, 1.82) is 0 Å². The average molecular weight is 219 g/mol. The van der Waals surface area contributed by atoms with E-state index in [2.05, 4.69) is 30.7 Å². The molecule has 0 unspecified atom stereocenters. The highest BCUT2D eigenvalue weighted by Gasteiger charge is 2.16. The summed E-state index contributed by atoms with van der Waals surface area (Å²) in [5.74, 6) is 0. The first-order valence-corrected chi connectivity index (χ1v) is 5.55. The summed E-state index contributed by atoms with van der Waals surface area (Å²) in [6.07, 6.45) is 0. The van der Waals surface area contributed by atoms with Gasteiger partial charge in [0.1, 0.15) is 5.52 Å². The number of benzene rings is 1. The number of anilines is 2. The molecule has 0 spiro atoms. The first kappa shape index (κ1) is 10.8. The SMILES string of the molecule is CCN(c1nc2c(N)cccc2o1)C(C)C. The van der Waals surface area contributed by atoms with Crippen molar-refractivity contribution in [3.63, 3.8) is 0 Å². The highest BCUT2D eigenvalue weighted by molar-refractivity contribution is 5.86. The van der Waals surface area contributed by atoms with E-state index in [1.54, 1.807) is 0 Å². The monoisotopic (exact) mass is 219 g/mol. The van der Waals surface area contributed by atoms with Gasteiger partial charge in [-0.05, 0) is 32.9 Å². The Morgan fingerprint density at radius 1 is 1.44 bits per heavy atom. The molecule has 4 heteroatoms. The molecule has 1 heterocycles. The van der Waals surface area contributed by atoms with Gasteiger partial charge in [-0.25, -0.2) is 0 Å². The maximum Gasteiger partial charge on any atom is 0.298 e. The Kier molecular flexibility index (Phi) is 2.73. The number of rotatable bonds is 3. The van der Waals surface area contributed by atoms with Crippen LogP contribution in [-0.4, -0.2) is 17.6 Å². The van der Waals surface area contributed by atoms with Gasteiger partial charge in [-0.2, -0.15) is 4.98 Å². The number of nitrogens with two attached hydrogens (primary N) is 1. The lowest BCUT2D eigenvalue weighted by atomic mass is 10.3. The van der Waals surface area contributed by atoms with Crippen molar-refractivity contribution in [2.75, 3.05) is 17.2 Å². The van der Waals surface area contributed by atoms with E-state index in [1.165, 1.54) is 0 Å². The van der Waals surface area contributed by atoms with Crippen molar-refractivity contribution in [3.05, 3.63) is 18.2 Å². The molecule has 0 aliphatic heterocycles. The van der Waals surface area contributed by atoms with Crippen LogP contribution in [0.3, 0.4) is 0 Å². The second-order valence-corrected chi connectivity index (χ2v) is 4.07. The minimum Gasteiger partial charge on any atom is -0.423 e. The second kappa shape index (κ2) is 4.04. The van der Waals surface area contributed by atoms with Gasteiger partial charge in [0.25, 0.3) is 6.01 Å². The molecule has 4 nitrogen and oxygen atoms in total. The lowest BCUT2D eigenvalue weighted by Crippen LogP contribution is -2.30. The zero-order valence-electron chi connectivity index (χ0n) is 9.90. The molecule has 0 aliphatic rings. The van der Waals surface area contributed by atoms with Crippen molar-refractivity contribution in [1.82, 2.24) is 4.98 Å². The predicted molar refractivity (Wildman–Crippen MR) is 66.6 cm³/mol. The van der Waals surface area contributed by atoms with Gasteiger partial charge in [0.2, 0.25) is 0 Å². The molecule has 0 amide bonds. The van der Waals surface area contributed by atoms with Crippen LogP contribution in [0.1, 0.15) is 20.8 Å². The molecule has 0 saturated carbocycles. The molecule has 0 saturated heterocycles. The first-order chi connectivity index (χ1) is 7.63. The number of fused-ring (bicyclic) bond motifs is 1. The third-order valence-electron chi connectivity index (χ3n) is 2.65. The second-order valence-electron chi connectivity index (χ2n) is 4.07. The summed E-state index contributed by atoms with van der Waals surface area (Å²) in [4.78, 5) is 6.54. The van der Waals surface area contributed by atoms with E-state index in [1.807, 2.05) is 18.2 Å². The maximum absolute atomic E-state index is 5.85. The molecular weight excluding hydrogens is 202 g/mol. The molecule has 0 radical (unpaired) electrons. The van der Waals surface area contributed by atoms with Crippen LogP contribution in [0.15, 0.2) is 22.6 Å². The molecule has 0 fully saturated rings. The van der Waals surface area contributed by atoms with Gasteiger partial charge in [0.05, 0.1) is 5.69 Å². The summed E-state index contributed by atoms with van der Waals surface area (Å²) in [5.41, 5.74) is 8.00. The molecule has 86 valence electrons. The molecule has 1 aromatic heterocycles. The minimum atomic E-state index is 0.360. The summed E-state index contributed by atoms with van der Waals surface area (Å²) in [6, 6.07) is 6.60. The number of nitrogen functional groups attached to an aromatic ring is 1. The lowest BCUT2D eigenvalue weighted by Gasteiger charge is -2.22. The number of hydrogen-bond donors (Lipinski definition) is 1. The zero-order chi connectivity index (χ0) is 11.7. The van der Waals surface area contributed by atoms with Gasteiger partial charge >= 0.3 is 0 Å². The number of para-hydroxylation sites is 1. The molecular formula is C12H17N3O. The van der Waals surface area contributed by atoms with Crippen LogP contribution >= 0.6 is 0 Å². The summed E-state index contributed by atoms with van der Waals surface area (Å²) in [6.45, 7) is 7.17. The normalized spacial score (nSPS) is 11.2. The summed E-state index contributed by atoms with van der Waals surface area (Å²) >= 11 is 0. The standard InChI is InChI=1S/C12H17N3O/c1-4-15(8(2)3)12-14-11-9(13)6-5-7-10(11)16-12/h5-8H,4,13H2,1-3H3. The minimum absolute atomic E-state index is 0.360. The van der Waals surface area contributed by atoms with Crippen LogP contribution < -0.4 is 10.6 Å². The molecule has 2 aromatic rings. The van der Waals surface area contributed by atoms with Gasteiger partial charge in [-0.1, -0.05) is 6.07 Å².